The number of rotatable bonds is 5. The van der Waals surface area contributed by atoms with Gasteiger partial charge in [-0.05, 0) is 37.2 Å². The number of hydrogen-bond donors (Lipinski definition) is 2. The second-order valence-electron chi connectivity index (χ2n) is 6.11. The number of aryl methyl sites for hydroxylation is 1. The summed E-state index contributed by atoms with van der Waals surface area (Å²) in [4.78, 5) is 12.1. The Labute approximate surface area is 121 Å². The second kappa shape index (κ2) is 7.44. The predicted molar refractivity (Wildman–Crippen MR) is 82.3 cm³/mol. The summed E-state index contributed by atoms with van der Waals surface area (Å²) >= 11 is 0. The lowest BCUT2D eigenvalue weighted by molar-refractivity contribution is -0.123. The highest BCUT2D eigenvalue weighted by atomic mass is 16.2. The van der Waals surface area contributed by atoms with Crippen LogP contribution in [0.3, 0.4) is 0 Å². The first-order chi connectivity index (χ1) is 9.65. The zero-order valence-corrected chi connectivity index (χ0v) is 12.3. The number of benzene rings is 1. The van der Waals surface area contributed by atoms with Gasteiger partial charge < -0.3 is 11.1 Å². The van der Waals surface area contributed by atoms with Crippen LogP contribution in [0.4, 0.5) is 0 Å². The second-order valence-corrected chi connectivity index (χ2v) is 6.11. The number of nitrogens with one attached hydrogen (secondary N) is 1. The Balaban J connectivity index is 1.74. The first kappa shape index (κ1) is 15.0. The molecule has 0 bridgehead atoms. The summed E-state index contributed by atoms with van der Waals surface area (Å²) in [6.45, 7) is 2.26. The van der Waals surface area contributed by atoms with Gasteiger partial charge in [-0.3, -0.25) is 4.79 Å². The molecule has 1 amide bonds. The van der Waals surface area contributed by atoms with Crippen LogP contribution in [-0.2, 0) is 11.2 Å². The molecule has 1 fully saturated rings. The summed E-state index contributed by atoms with van der Waals surface area (Å²) in [5.74, 6) is 0.731. The lowest BCUT2D eigenvalue weighted by atomic mass is 9.87. The highest BCUT2D eigenvalue weighted by Crippen LogP contribution is 2.23. The molecule has 3 heteroatoms. The molecule has 1 saturated carbocycles. The van der Waals surface area contributed by atoms with Crippen LogP contribution in [0.15, 0.2) is 30.3 Å². The number of carbonyl (C=O) groups excluding carboxylic acids is 1. The maximum absolute atomic E-state index is 12.1. The summed E-state index contributed by atoms with van der Waals surface area (Å²) in [6.07, 6.45) is 6.26. The number of hydrogen-bond acceptors (Lipinski definition) is 2. The molecule has 0 aromatic heterocycles. The summed E-state index contributed by atoms with van der Waals surface area (Å²) in [5.41, 5.74) is 7.24. The third-order valence-electron chi connectivity index (χ3n) is 4.21. The van der Waals surface area contributed by atoms with Crippen molar-refractivity contribution in [3.63, 3.8) is 0 Å². The molecule has 1 aliphatic rings. The van der Waals surface area contributed by atoms with Gasteiger partial charge in [-0.1, -0.05) is 50.1 Å². The highest BCUT2D eigenvalue weighted by molar-refractivity contribution is 5.81. The van der Waals surface area contributed by atoms with Gasteiger partial charge in [0.2, 0.25) is 5.91 Å². The summed E-state index contributed by atoms with van der Waals surface area (Å²) in [6, 6.07) is 10.1. The minimum atomic E-state index is -0.396. The van der Waals surface area contributed by atoms with Crippen LogP contribution < -0.4 is 11.1 Å². The minimum absolute atomic E-state index is 0.0139. The summed E-state index contributed by atoms with van der Waals surface area (Å²) in [7, 11) is 0. The van der Waals surface area contributed by atoms with Crippen LogP contribution in [0.5, 0.6) is 0 Å². The molecule has 1 aromatic carbocycles. The number of nitrogens with two attached hydrogens (primary N) is 1. The van der Waals surface area contributed by atoms with Crippen molar-refractivity contribution in [1.29, 1.82) is 0 Å². The van der Waals surface area contributed by atoms with Crippen LogP contribution in [0.25, 0.3) is 0 Å². The molecule has 3 unspecified atom stereocenters. The van der Waals surface area contributed by atoms with E-state index >= 15 is 0 Å². The lowest BCUT2D eigenvalue weighted by Crippen LogP contribution is -2.46. The average Bonchev–Trinajstić information content (AvgIpc) is 2.46. The molecule has 0 heterocycles. The number of carbonyl (C=O) groups is 1. The van der Waals surface area contributed by atoms with E-state index in [1.165, 1.54) is 18.4 Å². The van der Waals surface area contributed by atoms with Crippen molar-refractivity contribution in [3.8, 4) is 0 Å². The number of amides is 1. The van der Waals surface area contributed by atoms with Crippen molar-refractivity contribution in [2.75, 3.05) is 0 Å². The maximum Gasteiger partial charge on any atom is 0.237 e. The van der Waals surface area contributed by atoms with Gasteiger partial charge in [0.1, 0.15) is 0 Å². The van der Waals surface area contributed by atoms with Crippen molar-refractivity contribution in [2.24, 2.45) is 11.7 Å². The van der Waals surface area contributed by atoms with Crippen molar-refractivity contribution in [1.82, 2.24) is 5.32 Å². The third kappa shape index (κ3) is 4.64. The SMILES string of the molecule is CC1CCCC(NC(=O)C(N)CCc2ccccc2)C1. The molecule has 0 radical (unpaired) electrons. The van der Waals surface area contributed by atoms with Gasteiger partial charge in [-0.15, -0.1) is 0 Å². The fourth-order valence-corrected chi connectivity index (χ4v) is 2.97. The first-order valence-corrected chi connectivity index (χ1v) is 7.75. The van der Waals surface area contributed by atoms with Gasteiger partial charge in [0.15, 0.2) is 0 Å². The van der Waals surface area contributed by atoms with Gasteiger partial charge in [-0.25, -0.2) is 0 Å². The van der Waals surface area contributed by atoms with Gasteiger partial charge >= 0.3 is 0 Å². The molecule has 3 atom stereocenters. The van der Waals surface area contributed by atoms with E-state index in [0.717, 1.165) is 25.2 Å². The third-order valence-corrected chi connectivity index (χ3v) is 4.21. The minimum Gasteiger partial charge on any atom is -0.352 e. The van der Waals surface area contributed by atoms with Gasteiger partial charge in [0.05, 0.1) is 6.04 Å². The van der Waals surface area contributed by atoms with Crippen LogP contribution >= 0.6 is 0 Å². The lowest BCUT2D eigenvalue weighted by Gasteiger charge is -2.28. The van der Waals surface area contributed by atoms with Crippen LogP contribution in [0.1, 0.15) is 44.6 Å². The largest absolute Gasteiger partial charge is 0.352 e. The van der Waals surface area contributed by atoms with E-state index in [-0.39, 0.29) is 5.91 Å². The van der Waals surface area contributed by atoms with Crippen LogP contribution in [0, 0.1) is 5.92 Å². The van der Waals surface area contributed by atoms with Crippen LogP contribution in [-0.4, -0.2) is 18.0 Å². The van der Waals surface area contributed by atoms with E-state index in [1.54, 1.807) is 0 Å². The van der Waals surface area contributed by atoms with Gasteiger partial charge in [0.25, 0.3) is 0 Å². The maximum atomic E-state index is 12.1. The molecule has 3 N–H and O–H groups in total. The Kier molecular flexibility index (Phi) is 5.60. The molecule has 2 rings (SSSR count). The van der Waals surface area contributed by atoms with Gasteiger partial charge in [-0.2, -0.15) is 0 Å². The summed E-state index contributed by atoms with van der Waals surface area (Å²) < 4.78 is 0. The molecule has 1 aliphatic carbocycles. The first-order valence-electron chi connectivity index (χ1n) is 7.75. The molecule has 0 saturated heterocycles. The Morgan fingerprint density at radius 2 is 2.10 bits per heavy atom. The molecule has 110 valence electrons. The van der Waals surface area contributed by atoms with E-state index in [2.05, 4.69) is 24.4 Å². The average molecular weight is 274 g/mol. The molecule has 0 aliphatic heterocycles. The van der Waals surface area contributed by atoms with E-state index in [1.807, 2.05) is 18.2 Å². The van der Waals surface area contributed by atoms with E-state index < -0.39 is 6.04 Å². The van der Waals surface area contributed by atoms with Crippen molar-refractivity contribution >= 4 is 5.91 Å². The molecule has 1 aromatic rings. The van der Waals surface area contributed by atoms with E-state index in [4.69, 9.17) is 5.73 Å². The zero-order chi connectivity index (χ0) is 14.4. The van der Waals surface area contributed by atoms with Crippen molar-refractivity contribution < 1.29 is 4.79 Å². The topological polar surface area (TPSA) is 55.1 Å². The standard InChI is InChI=1S/C17H26N2O/c1-13-6-5-9-15(12-13)19-17(20)16(18)11-10-14-7-3-2-4-8-14/h2-4,7-8,13,15-16H,5-6,9-12,18H2,1H3,(H,19,20). The highest BCUT2D eigenvalue weighted by Gasteiger charge is 2.22. The fraction of sp³-hybridized carbons (Fsp3) is 0.588. The van der Waals surface area contributed by atoms with Crippen LogP contribution in [0.2, 0.25) is 0 Å². The monoisotopic (exact) mass is 274 g/mol. The Hall–Kier alpha value is -1.35. The van der Waals surface area contributed by atoms with E-state index in [9.17, 15) is 4.79 Å². The zero-order valence-electron chi connectivity index (χ0n) is 12.3. The normalized spacial score (nSPS) is 24.1. The molecular weight excluding hydrogens is 248 g/mol. The van der Waals surface area contributed by atoms with Crippen molar-refractivity contribution in [3.05, 3.63) is 35.9 Å². The molecule has 0 spiro atoms. The summed E-state index contributed by atoms with van der Waals surface area (Å²) in [5, 5.41) is 3.12. The predicted octanol–water partition coefficient (Wildman–Crippen LogP) is 2.64. The van der Waals surface area contributed by atoms with Gasteiger partial charge in [0, 0.05) is 6.04 Å². The molecule has 3 nitrogen and oxygen atoms in total. The van der Waals surface area contributed by atoms with E-state index in [0.29, 0.717) is 12.5 Å². The smallest absolute Gasteiger partial charge is 0.237 e. The molecule has 20 heavy (non-hydrogen) atoms. The Morgan fingerprint density at radius 3 is 2.80 bits per heavy atom. The molecular formula is C17H26N2O. The fourth-order valence-electron chi connectivity index (χ4n) is 2.97. The quantitative estimate of drug-likeness (QED) is 0.867. The van der Waals surface area contributed by atoms with Crippen molar-refractivity contribution in [2.45, 2.75) is 57.5 Å². The Morgan fingerprint density at radius 1 is 1.35 bits per heavy atom. The Bertz CT molecular complexity index is 418.